The van der Waals surface area contributed by atoms with Crippen LogP contribution in [0.15, 0.2) is 59.2 Å². The number of aromatic nitrogens is 1. The van der Waals surface area contributed by atoms with Gasteiger partial charge in [-0.1, -0.05) is 50.3 Å². The zero-order valence-corrected chi connectivity index (χ0v) is 23.7. The predicted octanol–water partition coefficient (Wildman–Crippen LogP) is 5.51. The van der Waals surface area contributed by atoms with Crippen LogP contribution in [0.5, 0.6) is 0 Å². The van der Waals surface area contributed by atoms with E-state index >= 15 is 0 Å². The summed E-state index contributed by atoms with van der Waals surface area (Å²) in [6, 6.07) is 14.0. The van der Waals surface area contributed by atoms with Crippen molar-refractivity contribution in [2.75, 3.05) is 25.1 Å². The number of rotatable bonds is 9. The van der Waals surface area contributed by atoms with E-state index in [9.17, 15) is 13.2 Å². The van der Waals surface area contributed by atoms with Crippen LogP contribution in [0.25, 0.3) is 28.0 Å². The third-order valence-corrected chi connectivity index (χ3v) is 7.94. The monoisotopic (exact) mass is 550 g/mol. The maximum atomic E-state index is 13.2. The first-order valence-electron chi connectivity index (χ1n) is 12.9. The lowest BCUT2D eigenvalue weighted by atomic mass is 9.99. The number of sulfone groups is 1. The second-order valence-corrected chi connectivity index (χ2v) is 12.4. The molecule has 0 aliphatic carbocycles. The van der Waals surface area contributed by atoms with Gasteiger partial charge < -0.3 is 15.2 Å². The lowest BCUT2D eigenvalue weighted by Crippen LogP contribution is -2.34. The molecule has 2 aromatic carbocycles. The summed E-state index contributed by atoms with van der Waals surface area (Å²) in [4.78, 5) is 19.8. The van der Waals surface area contributed by atoms with Crippen molar-refractivity contribution in [3.05, 3.63) is 64.4 Å². The molecule has 2 heterocycles. The van der Waals surface area contributed by atoms with Gasteiger partial charge in [0.25, 0.3) is 0 Å². The molecule has 2 N–H and O–H groups in total. The zero-order valence-electron chi connectivity index (χ0n) is 22.1. The second kappa shape index (κ2) is 11.6. The van der Waals surface area contributed by atoms with Crippen molar-refractivity contribution in [3.63, 3.8) is 0 Å². The number of nitrogens with two attached hydrogens (primary N) is 1. The fourth-order valence-corrected chi connectivity index (χ4v) is 5.54. The highest BCUT2D eigenvalue weighted by molar-refractivity contribution is 7.90. The van der Waals surface area contributed by atoms with Crippen molar-refractivity contribution < 1.29 is 13.2 Å². The number of nitrogens with zero attached hydrogens (tertiary/aromatic N) is 3. The van der Waals surface area contributed by atoms with Crippen LogP contribution >= 0.6 is 12.2 Å². The van der Waals surface area contributed by atoms with E-state index in [1.54, 1.807) is 4.57 Å². The third kappa shape index (κ3) is 6.39. The average molecular weight is 551 g/mol. The van der Waals surface area contributed by atoms with Gasteiger partial charge in [0.15, 0.2) is 0 Å². The number of hydrogen-bond acceptors (Lipinski definition) is 6. The molecule has 3 aromatic rings. The smallest absolute Gasteiger partial charge is 0.250 e. The predicted molar refractivity (Wildman–Crippen MR) is 159 cm³/mol. The van der Waals surface area contributed by atoms with E-state index in [4.69, 9.17) is 18.0 Å². The van der Waals surface area contributed by atoms with E-state index in [2.05, 4.69) is 24.9 Å². The largest absolute Gasteiger partial charge is 0.387 e. The number of aliphatic imine (C=N–C) groups is 1. The van der Waals surface area contributed by atoms with Gasteiger partial charge in [0.05, 0.1) is 11.4 Å². The first-order valence-corrected chi connectivity index (χ1v) is 15.3. The first-order chi connectivity index (χ1) is 18.1. The van der Waals surface area contributed by atoms with E-state index in [1.807, 2.05) is 53.6 Å². The first kappa shape index (κ1) is 27.7. The fraction of sp³-hybridized carbons (Fsp3) is 0.345. The van der Waals surface area contributed by atoms with Gasteiger partial charge in [0, 0.05) is 55.0 Å². The minimum atomic E-state index is -3.08. The topological polar surface area (TPSA) is 97.8 Å². The molecule has 1 aromatic heterocycles. The molecule has 0 unspecified atom stereocenters. The second-order valence-electron chi connectivity index (χ2n) is 9.76. The van der Waals surface area contributed by atoms with Crippen molar-refractivity contribution in [1.29, 1.82) is 0 Å². The van der Waals surface area contributed by atoms with Gasteiger partial charge in [-0.15, -0.1) is 0 Å². The number of amides is 1. The normalized spacial score (nSPS) is 13.4. The van der Waals surface area contributed by atoms with Crippen LogP contribution in [-0.4, -0.2) is 54.7 Å². The summed E-state index contributed by atoms with van der Waals surface area (Å²) in [7, 11) is -3.08. The van der Waals surface area contributed by atoms with Gasteiger partial charge in [-0.05, 0) is 53.6 Å². The standard InChI is InChI=1S/C29H34N4O3S2/c1-4-11-32(12-5-2)28(34)24-17-23-7-6-21(18-26(23)31-27(30)19-24)20-8-9-25-22(16-20)10-13-33(29(25)37)14-15-38(3,35)36/h6-10,13,16-18H,4-5,11-12,14-15,19H2,1-3H3,(H2,30,31). The molecule has 38 heavy (non-hydrogen) atoms. The van der Waals surface area contributed by atoms with Crippen LogP contribution in [0.4, 0.5) is 5.69 Å². The van der Waals surface area contributed by atoms with E-state index < -0.39 is 9.84 Å². The van der Waals surface area contributed by atoms with Crippen LogP contribution in [0.3, 0.4) is 0 Å². The molecule has 0 fully saturated rings. The number of carbonyl (C=O) groups excluding carboxylic acids is 1. The molecular formula is C29H34N4O3S2. The summed E-state index contributed by atoms with van der Waals surface area (Å²) >= 11 is 5.63. The van der Waals surface area contributed by atoms with Gasteiger partial charge in [-0.25, -0.2) is 13.4 Å². The average Bonchev–Trinajstić information content (AvgIpc) is 3.04. The van der Waals surface area contributed by atoms with Crippen molar-refractivity contribution in [3.8, 4) is 11.1 Å². The van der Waals surface area contributed by atoms with Crippen molar-refractivity contribution >= 4 is 56.3 Å². The van der Waals surface area contributed by atoms with Crippen molar-refractivity contribution in [2.24, 2.45) is 10.7 Å². The number of pyridine rings is 1. The van der Waals surface area contributed by atoms with Crippen molar-refractivity contribution in [2.45, 2.75) is 39.7 Å². The third-order valence-electron chi connectivity index (χ3n) is 6.56. The number of aryl methyl sites for hydroxylation is 1. The zero-order chi connectivity index (χ0) is 27.4. The molecule has 0 atom stereocenters. The highest BCUT2D eigenvalue weighted by Crippen LogP contribution is 2.33. The number of carbonyl (C=O) groups is 1. The summed E-state index contributed by atoms with van der Waals surface area (Å²) in [5.74, 6) is 0.480. The van der Waals surface area contributed by atoms with E-state index in [0.29, 0.717) is 29.0 Å². The molecule has 0 radical (unpaired) electrons. The minimum Gasteiger partial charge on any atom is -0.387 e. The SMILES string of the molecule is CCCN(CCC)C(=O)C1=Cc2ccc(-c3ccc4c(=S)n(CCS(C)(=O)=O)ccc4c3)cc2N=C(N)C1. The van der Waals surface area contributed by atoms with Gasteiger partial charge >= 0.3 is 0 Å². The lowest BCUT2D eigenvalue weighted by Gasteiger charge is -2.22. The van der Waals surface area contributed by atoms with Crippen molar-refractivity contribution in [1.82, 2.24) is 9.47 Å². The van der Waals surface area contributed by atoms with E-state index in [0.717, 1.165) is 59.1 Å². The maximum absolute atomic E-state index is 13.2. The fourth-order valence-electron chi connectivity index (χ4n) is 4.67. The molecule has 200 valence electrons. The van der Waals surface area contributed by atoms with Crippen LogP contribution in [-0.2, 0) is 21.2 Å². The molecule has 0 bridgehead atoms. The Balaban J connectivity index is 1.66. The Morgan fingerprint density at radius 3 is 2.45 bits per heavy atom. The minimum absolute atomic E-state index is 0.0202. The summed E-state index contributed by atoms with van der Waals surface area (Å²) in [6.45, 7) is 5.91. The van der Waals surface area contributed by atoms with Crippen LogP contribution < -0.4 is 5.73 Å². The Bertz CT molecular complexity index is 1600. The maximum Gasteiger partial charge on any atom is 0.250 e. The molecule has 9 heteroatoms. The Labute approximate surface area is 229 Å². The molecule has 0 spiro atoms. The molecule has 4 rings (SSSR count). The summed E-state index contributed by atoms with van der Waals surface area (Å²) in [5.41, 5.74) is 10.5. The van der Waals surface area contributed by atoms with Crippen LogP contribution in [0, 0.1) is 4.64 Å². The van der Waals surface area contributed by atoms with Crippen LogP contribution in [0.1, 0.15) is 38.7 Å². The van der Waals surface area contributed by atoms with Crippen LogP contribution in [0.2, 0.25) is 0 Å². The van der Waals surface area contributed by atoms with E-state index in [1.165, 1.54) is 6.26 Å². The van der Waals surface area contributed by atoms with Gasteiger partial charge in [-0.3, -0.25) is 4.79 Å². The molecular weight excluding hydrogens is 516 g/mol. The Morgan fingerprint density at radius 2 is 1.76 bits per heavy atom. The molecule has 0 saturated carbocycles. The van der Waals surface area contributed by atoms with Gasteiger partial charge in [0.1, 0.15) is 20.3 Å². The Hall–Kier alpha value is -3.30. The summed E-state index contributed by atoms with van der Waals surface area (Å²) in [6.07, 6.45) is 7.12. The molecule has 1 amide bonds. The number of benzene rings is 2. The quantitative estimate of drug-likeness (QED) is 0.355. The highest BCUT2D eigenvalue weighted by atomic mass is 32.2. The number of fused-ring (bicyclic) bond motifs is 2. The van der Waals surface area contributed by atoms with Gasteiger partial charge in [-0.2, -0.15) is 0 Å². The molecule has 0 saturated heterocycles. The summed E-state index contributed by atoms with van der Waals surface area (Å²) in [5, 5.41) is 1.87. The lowest BCUT2D eigenvalue weighted by molar-refractivity contribution is -0.127. The Kier molecular flexibility index (Phi) is 8.47. The molecule has 1 aliphatic rings. The van der Waals surface area contributed by atoms with Gasteiger partial charge in [0.2, 0.25) is 5.91 Å². The highest BCUT2D eigenvalue weighted by Gasteiger charge is 2.21. The Morgan fingerprint density at radius 1 is 1.08 bits per heavy atom. The summed E-state index contributed by atoms with van der Waals surface area (Å²) < 4.78 is 25.6. The molecule has 1 aliphatic heterocycles. The van der Waals surface area contributed by atoms with E-state index in [-0.39, 0.29) is 11.7 Å². The number of amidine groups is 1. The number of hydrogen-bond donors (Lipinski definition) is 1. The molecule has 7 nitrogen and oxygen atoms in total.